The fourth-order valence-corrected chi connectivity index (χ4v) is 2.96. The highest BCUT2D eigenvalue weighted by Crippen LogP contribution is 2.26. The fraction of sp³-hybridized carbons (Fsp3) is 0.438. The monoisotopic (exact) mass is 290 g/mol. The lowest BCUT2D eigenvalue weighted by atomic mass is 10.1. The molecule has 1 unspecified atom stereocenters. The van der Waals surface area contributed by atoms with Crippen LogP contribution in [0.15, 0.2) is 29.6 Å². The smallest absolute Gasteiger partial charge is 0.119 e. The molecule has 2 rings (SSSR count). The number of aryl methyl sites for hydroxylation is 1. The van der Waals surface area contributed by atoms with E-state index in [1.165, 1.54) is 5.56 Å². The molecule has 0 saturated carbocycles. The molecule has 108 valence electrons. The maximum Gasteiger partial charge on any atom is 0.119 e. The molecule has 1 N–H and O–H groups in total. The molecule has 2 aromatic rings. The largest absolute Gasteiger partial charge is 0.494 e. The van der Waals surface area contributed by atoms with Crippen LogP contribution in [0.1, 0.15) is 42.6 Å². The summed E-state index contributed by atoms with van der Waals surface area (Å²) >= 11 is 1.71. The molecule has 1 aromatic heterocycles. The number of aromatic nitrogens is 1. The molecular formula is C16H22N2OS. The summed E-state index contributed by atoms with van der Waals surface area (Å²) in [6.07, 6.45) is 1.11. The van der Waals surface area contributed by atoms with E-state index in [4.69, 9.17) is 4.74 Å². The predicted molar refractivity (Wildman–Crippen MR) is 84.6 cm³/mol. The molecule has 1 atom stereocenters. The Morgan fingerprint density at radius 1 is 1.25 bits per heavy atom. The van der Waals surface area contributed by atoms with Crippen LogP contribution in [-0.4, -0.2) is 18.1 Å². The van der Waals surface area contributed by atoms with Gasteiger partial charge in [0.15, 0.2) is 0 Å². The van der Waals surface area contributed by atoms with E-state index in [0.717, 1.165) is 29.4 Å². The van der Waals surface area contributed by atoms with Crippen molar-refractivity contribution in [2.24, 2.45) is 0 Å². The van der Waals surface area contributed by atoms with Gasteiger partial charge in [-0.15, -0.1) is 11.3 Å². The number of hydrogen-bond acceptors (Lipinski definition) is 4. The summed E-state index contributed by atoms with van der Waals surface area (Å²) in [6, 6.07) is 8.47. The Bertz CT molecular complexity index is 522. The molecule has 0 spiro atoms. The first kappa shape index (κ1) is 15.0. The maximum atomic E-state index is 5.50. The molecular weight excluding hydrogens is 268 g/mol. The maximum absolute atomic E-state index is 5.50. The number of ether oxygens (including phenoxy) is 1. The summed E-state index contributed by atoms with van der Waals surface area (Å²) in [5.74, 6) is 0.917. The zero-order valence-electron chi connectivity index (χ0n) is 12.3. The summed E-state index contributed by atoms with van der Waals surface area (Å²) in [5, 5.41) is 6.80. The van der Waals surface area contributed by atoms with Gasteiger partial charge in [-0.25, -0.2) is 4.98 Å². The third-order valence-corrected chi connectivity index (χ3v) is 4.03. The van der Waals surface area contributed by atoms with Crippen molar-refractivity contribution in [3.8, 4) is 5.75 Å². The lowest BCUT2D eigenvalue weighted by Crippen LogP contribution is -2.23. The number of nitrogens with one attached hydrogen (secondary N) is 1. The van der Waals surface area contributed by atoms with Crippen LogP contribution < -0.4 is 10.1 Å². The summed E-state index contributed by atoms with van der Waals surface area (Å²) in [5.41, 5.74) is 2.32. The van der Waals surface area contributed by atoms with Crippen molar-refractivity contribution in [2.45, 2.75) is 33.2 Å². The Morgan fingerprint density at radius 3 is 2.55 bits per heavy atom. The molecule has 0 fully saturated rings. The molecule has 1 aromatic carbocycles. The molecule has 0 aliphatic heterocycles. The number of benzene rings is 1. The van der Waals surface area contributed by atoms with Crippen molar-refractivity contribution >= 4 is 11.3 Å². The average molecular weight is 290 g/mol. The highest BCUT2D eigenvalue weighted by atomic mass is 32.1. The van der Waals surface area contributed by atoms with Crippen LogP contribution in [0.5, 0.6) is 5.75 Å². The van der Waals surface area contributed by atoms with E-state index in [1.807, 2.05) is 26.0 Å². The van der Waals surface area contributed by atoms with E-state index >= 15 is 0 Å². The van der Waals surface area contributed by atoms with E-state index in [0.29, 0.717) is 6.61 Å². The second-order valence-corrected chi connectivity index (χ2v) is 5.61. The third kappa shape index (κ3) is 3.81. The second kappa shape index (κ2) is 7.41. The Kier molecular flexibility index (Phi) is 5.56. The van der Waals surface area contributed by atoms with Gasteiger partial charge in [0.25, 0.3) is 0 Å². The van der Waals surface area contributed by atoms with Gasteiger partial charge < -0.3 is 10.1 Å². The van der Waals surface area contributed by atoms with Gasteiger partial charge in [-0.1, -0.05) is 19.1 Å². The van der Waals surface area contributed by atoms with Gasteiger partial charge in [-0.05, 0) is 44.5 Å². The normalized spacial score (nSPS) is 12.3. The van der Waals surface area contributed by atoms with Crippen molar-refractivity contribution in [2.75, 3.05) is 13.2 Å². The molecule has 0 saturated heterocycles. The van der Waals surface area contributed by atoms with Crippen molar-refractivity contribution in [3.63, 3.8) is 0 Å². The third-order valence-electron chi connectivity index (χ3n) is 3.01. The summed E-state index contributed by atoms with van der Waals surface area (Å²) < 4.78 is 5.50. The van der Waals surface area contributed by atoms with Gasteiger partial charge in [0.1, 0.15) is 10.8 Å². The fourth-order valence-electron chi connectivity index (χ4n) is 2.06. The van der Waals surface area contributed by atoms with Crippen LogP contribution >= 0.6 is 11.3 Å². The Hall–Kier alpha value is -1.39. The van der Waals surface area contributed by atoms with E-state index in [-0.39, 0.29) is 6.04 Å². The van der Waals surface area contributed by atoms with Gasteiger partial charge in [0.05, 0.1) is 12.6 Å². The molecule has 1 heterocycles. The van der Waals surface area contributed by atoms with E-state index in [9.17, 15) is 0 Å². The van der Waals surface area contributed by atoms with E-state index in [2.05, 4.69) is 34.7 Å². The van der Waals surface area contributed by atoms with Crippen LogP contribution in [0.2, 0.25) is 0 Å². The van der Waals surface area contributed by atoms with Crippen molar-refractivity contribution < 1.29 is 4.74 Å². The lowest BCUT2D eigenvalue weighted by molar-refractivity contribution is 0.340. The molecule has 0 amide bonds. The first-order chi connectivity index (χ1) is 9.74. The van der Waals surface area contributed by atoms with E-state index in [1.54, 1.807) is 11.3 Å². The Morgan fingerprint density at radius 2 is 2.00 bits per heavy atom. The topological polar surface area (TPSA) is 34.1 Å². The highest BCUT2D eigenvalue weighted by molar-refractivity contribution is 7.09. The predicted octanol–water partition coefficient (Wildman–Crippen LogP) is 3.94. The van der Waals surface area contributed by atoms with Crippen LogP contribution in [0.3, 0.4) is 0 Å². The average Bonchev–Trinajstić information content (AvgIpc) is 2.88. The zero-order chi connectivity index (χ0) is 14.4. The van der Waals surface area contributed by atoms with Gasteiger partial charge in [0, 0.05) is 11.1 Å². The van der Waals surface area contributed by atoms with Gasteiger partial charge in [-0.2, -0.15) is 0 Å². The van der Waals surface area contributed by atoms with Crippen LogP contribution in [0.4, 0.5) is 0 Å². The SMILES string of the molecule is CCCNC(c1ccc(OCC)cc1)c1nc(C)cs1. The van der Waals surface area contributed by atoms with Crippen LogP contribution in [0.25, 0.3) is 0 Å². The number of thiazole rings is 1. The van der Waals surface area contributed by atoms with Crippen molar-refractivity contribution in [3.05, 3.63) is 45.9 Å². The lowest BCUT2D eigenvalue weighted by Gasteiger charge is -2.17. The molecule has 4 heteroatoms. The number of hydrogen-bond donors (Lipinski definition) is 1. The van der Waals surface area contributed by atoms with Crippen molar-refractivity contribution in [1.82, 2.24) is 10.3 Å². The van der Waals surface area contributed by atoms with Gasteiger partial charge in [-0.3, -0.25) is 0 Å². The minimum Gasteiger partial charge on any atom is -0.494 e. The Balaban J connectivity index is 2.21. The van der Waals surface area contributed by atoms with E-state index < -0.39 is 0 Å². The summed E-state index contributed by atoms with van der Waals surface area (Å²) in [6.45, 7) is 7.89. The first-order valence-electron chi connectivity index (χ1n) is 7.12. The van der Waals surface area contributed by atoms with Gasteiger partial charge >= 0.3 is 0 Å². The van der Waals surface area contributed by atoms with Crippen LogP contribution in [-0.2, 0) is 0 Å². The molecule has 0 bridgehead atoms. The highest BCUT2D eigenvalue weighted by Gasteiger charge is 2.16. The quantitative estimate of drug-likeness (QED) is 0.838. The first-order valence-corrected chi connectivity index (χ1v) is 8.00. The van der Waals surface area contributed by atoms with Crippen molar-refractivity contribution in [1.29, 1.82) is 0 Å². The molecule has 3 nitrogen and oxygen atoms in total. The molecule has 0 aliphatic carbocycles. The minimum absolute atomic E-state index is 0.171. The standard InChI is InChI=1S/C16H22N2OS/c1-4-10-17-15(16-18-12(3)11-20-16)13-6-8-14(9-7-13)19-5-2/h6-9,11,15,17H,4-5,10H2,1-3H3. The Labute approximate surface area is 125 Å². The summed E-state index contributed by atoms with van der Waals surface area (Å²) in [7, 11) is 0. The number of nitrogens with zero attached hydrogens (tertiary/aromatic N) is 1. The second-order valence-electron chi connectivity index (χ2n) is 4.72. The van der Waals surface area contributed by atoms with Crippen LogP contribution in [0, 0.1) is 6.92 Å². The minimum atomic E-state index is 0.171. The molecule has 0 aliphatic rings. The zero-order valence-corrected chi connectivity index (χ0v) is 13.2. The summed E-state index contributed by atoms with van der Waals surface area (Å²) in [4.78, 5) is 4.62. The molecule has 0 radical (unpaired) electrons. The molecule has 20 heavy (non-hydrogen) atoms. The van der Waals surface area contributed by atoms with Gasteiger partial charge in [0.2, 0.25) is 0 Å². The number of rotatable bonds is 7.